The van der Waals surface area contributed by atoms with Crippen molar-refractivity contribution in [2.24, 2.45) is 0 Å². The van der Waals surface area contributed by atoms with E-state index >= 15 is 0 Å². The van der Waals surface area contributed by atoms with Gasteiger partial charge in [0, 0.05) is 12.1 Å². The molecule has 0 unspecified atom stereocenters. The third-order valence-electron chi connectivity index (χ3n) is 1.66. The van der Waals surface area contributed by atoms with Crippen molar-refractivity contribution in [1.29, 1.82) is 0 Å². The largest absolute Gasteiger partial charge is 0.275 e. The van der Waals surface area contributed by atoms with Gasteiger partial charge >= 0.3 is 0 Å². The Balaban J connectivity index is 3.43. The second-order valence-corrected chi connectivity index (χ2v) is 3.00. The molecule has 4 nitrogen and oxygen atoms in total. The van der Waals surface area contributed by atoms with Crippen LogP contribution in [0.5, 0.6) is 0 Å². The van der Waals surface area contributed by atoms with Gasteiger partial charge in [0.1, 0.15) is 5.82 Å². The zero-order valence-corrected chi connectivity index (χ0v) is 7.84. The van der Waals surface area contributed by atoms with E-state index in [-0.39, 0.29) is 11.3 Å². The second kappa shape index (κ2) is 3.71. The maximum absolute atomic E-state index is 13.2. The van der Waals surface area contributed by atoms with E-state index in [0.29, 0.717) is 0 Å². The van der Waals surface area contributed by atoms with Gasteiger partial charge in [-0.1, -0.05) is 0 Å². The number of aryl methyl sites for hydroxylation is 1. The number of rotatable bonds is 2. The Kier molecular flexibility index (Phi) is 2.81. The van der Waals surface area contributed by atoms with Crippen LogP contribution in [0, 0.1) is 22.9 Å². The fraction of sp³-hybridized carbons (Fsp3) is 0.125. The Hall–Kier alpha value is -1.49. The minimum absolute atomic E-state index is 0.0169. The number of nitro benzene ring substituents is 1. The molecule has 0 aliphatic rings. The summed E-state index contributed by atoms with van der Waals surface area (Å²) >= 11 is 5.06. The molecule has 0 radical (unpaired) electrons. The number of hydrogen-bond donors (Lipinski definition) is 0. The van der Waals surface area contributed by atoms with E-state index in [0.717, 1.165) is 12.1 Å². The highest BCUT2D eigenvalue weighted by Crippen LogP contribution is 2.22. The summed E-state index contributed by atoms with van der Waals surface area (Å²) in [5.41, 5.74) is -0.811. The number of nitrogens with zero attached hydrogens (tertiary/aromatic N) is 1. The summed E-state index contributed by atoms with van der Waals surface area (Å²) in [7, 11) is 0. The second-order valence-electron chi connectivity index (χ2n) is 2.66. The summed E-state index contributed by atoms with van der Waals surface area (Å²) in [5.74, 6) is -0.824. The van der Waals surface area contributed by atoms with Gasteiger partial charge in [0.05, 0.1) is 10.5 Å². The Morgan fingerprint density at radius 1 is 1.57 bits per heavy atom. The zero-order chi connectivity index (χ0) is 10.9. The van der Waals surface area contributed by atoms with Crippen molar-refractivity contribution in [3.63, 3.8) is 0 Å². The molecule has 1 aromatic carbocycles. The van der Waals surface area contributed by atoms with Gasteiger partial charge in [0.15, 0.2) is 0 Å². The smallest absolute Gasteiger partial charge is 0.270 e. The van der Waals surface area contributed by atoms with Crippen LogP contribution < -0.4 is 0 Å². The summed E-state index contributed by atoms with van der Waals surface area (Å²) in [4.78, 5) is 20.4. The van der Waals surface area contributed by atoms with E-state index in [1.54, 1.807) is 0 Å². The Morgan fingerprint density at radius 3 is 2.57 bits per heavy atom. The van der Waals surface area contributed by atoms with Crippen LogP contribution in [0.15, 0.2) is 12.1 Å². The number of nitro groups is 1. The first-order valence-electron chi connectivity index (χ1n) is 3.58. The number of carbonyl (C=O) groups is 1. The molecular formula is C8H5ClFNO3. The fourth-order valence-electron chi connectivity index (χ4n) is 0.999. The summed E-state index contributed by atoms with van der Waals surface area (Å²) < 4.78 is 13.2. The van der Waals surface area contributed by atoms with Gasteiger partial charge in [-0.2, -0.15) is 0 Å². The van der Waals surface area contributed by atoms with Crippen LogP contribution >= 0.6 is 11.6 Å². The molecule has 0 amide bonds. The molecule has 0 bridgehead atoms. The standard InChI is InChI=1S/C8H5ClFNO3/c1-4-2-5(11(13)14)3-6(7(4)10)8(9)12/h2-3H,1H3. The Bertz CT molecular complexity index is 419. The highest BCUT2D eigenvalue weighted by atomic mass is 35.5. The topological polar surface area (TPSA) is 60.2 Å². The molecule has 0 N–H and O–H groups in total. The number of hydrogen-bond acceptors (Lipinski definition) is 3. The molecule has 0 aromatic heterocycles. The average molecular weight is 218 g/mol. The third kappa shape index (κ3) is 1.88. The summed E-state index contributed by atoms with van der Waals surface area (Å²) in [6.45, 7) is 1.33. The minimum atomic E-state index is -1.05. The Morgan fingerprint density at radius 2 is 2.14 bits per heavy atom. The van der Waals surface area contributed by atoms with Crippen molar-refractivity contribution in [2.45, 2.75) is 6.92 Å². The van der Waals surface area contributed by atoms with Crippen LogP contribution in [0.4, 0.5) is 10.1 Å². The van der Waals surface area contributed by atoms with Crippen LogP contribution in [-0.4, -0.2) is 10.2 Å². The van der Waals surface area contributed by atoms with Crippen LogP contribution in [0.1, 0.15) is 15.9 Å². The van der Waals surface area contributed by atoms with Gasteiger partial charge in [0.25, 0.3) is 10.9 Å². The number of halogens is 2. The quantitative estimate of drug-likeness (QED) is 0.434. The summed E-state index contributed by atoms with van der Waals surface area (Å²) in [6, 6.07) is 1.86. The lowest BCUT2D eigenvalue weighted by Gasteiger charge is -2.00. The molecule has 1 rings (SSSR count). The van der Waals surface area contributed by atoms with E-state index in [2.05, 4.69) is 0 Å². The Labute approximate surface area is 83.4 Å². The molecule has 0 aliphatic heterocycles. The predicted molar refractivity (Wildman–Crippen MR) is 48.0 cm³/mol. The molecule has 14 heavy (non-hydrogen) atoms. The van der Waals surface area contributed by atoms with Crippen LogP contribution in [0.3, 0.4) is 0 Å². The zero-order valence-electron chi connectivity index (χ0n) is 7.08. The van der Waals surface area contributed by atoms with E-state index < -0.39 is 21.5 Å². The lowest BCUT2D eigenvalue weighted by Crippen LogP contribution is -2.00. The van der Waals surface area contributed by atoms with E-state index in [4.69, 9.17) is 11.6 Å². The van der Waals surface area contributed by atoms with Crippen molar-refractivity contribution in [1.82, 2.24) is 0 Å². The molecule has 0 saturated heterocycles. The van der Waals surface area contributed by atoms with Crippen LogP contribution in [-0.2, 0) is 0 Å². The first-order valence-corrected chi connectivity index (χ1v) is 3.95. The first kappa shape index (κ1) is 10.6. The normalized spacial score (nSPS) is 9.93. The van der Waals surface area contributed by atoms with Crippen molar-refractivity contribution >= 4 is 22.5 Å². The van der Waals surface area contributed by atoms with Gasteiger partial charge in [0.2, 0.25) is 0 Å². The highest BCUT2D eigenvalue weighted by Gasteiger charge is 2.17. The maximum Gasteiger partial charge on any atom is 0.270 e. The highest BCUT2D eigenvalue weighted by molar-refractivity contribution is 6.67. The predicted octanol–water partition coefficient (Wildman–Crippen LogP) is 2.42. The van der Waals surface area contributed by atoms with Gasteiger partial charge in [-0.15, -0.1) is 0 Å². The fourth-order valence-corrected chi connectivity index (χ4v) is 1.14. The van der Waals surface area contributed by atoms with Gasteiger partial charge < -0.3 is 0 Å². The van der Waals surface area contributed by atoms with Gasteiger partial charge in [-0.05, 0) is 24.1 Å². The van der Waals surface area contributed by atoms with Crippen molar-refractivity contribution < 1.29 is 14.1 Å². The number of non-ortho nitro benzene ring substituents is 1. The molecule has 0 heterocycles. The molecule has 0 saturated carbocycles. The number of carbonyl (C=O) groups excluding carboxylic acids is 1. The van der Waals surface area contributed by atoms with Gasteiger partial charge in [-0.25, -0.2) is 4.39 Å². The third-order valence-corrected chi connectivity index (χ3v) is 1.87. The minimum Gasteiger partial charge on any atom is -0.275 e. The molecule has 6 heteroatoms. The lowest BCUT2D eigenvalue weighted by molar-refractivity contribution is -0.385. The van der Waals surface area contributed by atoms with Crippen molar-refractivity contribution in [3.05, 3.63) is 39.2 Å². The number of benzene rings is 1. The van der Waals surface area contributed by atoms with Crippen LogP contribution in [0.2, 0.25) is 0 Å². The molecule has 1 aromatic rings. The van der Waals surface area contributed by atoms with Crippen LogP contribution in [0.25, 0.3) is 0 Å². The van der Waals surface area contributed by atoms with E-state index in [1.165, 1.54) is 6.92 Å². The molecule has 74 valence electrons. The SMILES string of the molecule is Cc1cc([N+](=O)[O-])cc(C(=O)Cl)c1F. The molecular weight excluding hydrogens is 213 g/mol. The molecule has 0 atom stereocenters. The molecule has 0 spiro atoms. The van der Waals surface area contributed by atoms with Crippen molar-refractivity contribution in [3.8, 4) is 0 Å². The maximum atomic E-state index is 13.2. The summed E-state index contributed by atoms with van der Waals surface area (Å²) in [6.07, 6.45) is 0. The monoisotopic (exact) mass is 217 g/mol. The van der Waals surface area contributed by atoms with Gasteiger partial charge in [-0.3, -0.25) is 14.9 Å². The van der Waals surface area contributed by atoms with E-state index in [9.17, 15) is 19.3 Å². The average Bonchev–Trinajstić information content (AvgIpc) is 2.08. The lowest BCUT2D eigenvalue weighted by atomic mass is 10.1. The van der Waals surface area contributed by atoms with E-state index in [1.807, 2.05) is 0 Å². The molecule has 0 fully saturated rings. The summed E-state index contributed by atoms with van der Waals surface area (Å²) in [5, 5.41) is 9.32. The first-order chi connectivity index (χ1) is 6.43. The molecule has 0 aliphatic carbocycles. The van der Waals surface area contributed by atoms with Crippen molar-refractivity contribution in [2.75, 3.05) is 0 Å².